The summed E-state index contributed by atoms with van der Waals surface area (Å²) in [6, 6.07) is 23.3. The van der Waals surface area contributed by atoms with E-state index in [0.29, 0.717) is 17.5 Å². The maximum Gasteiger partial charge on any atom is 0.226 e. The molecule has 0 fully saturated rings. The minimum atomic E-state index is 0.503. The van der Waals surface area contributed by atoms with E-state index < -0.39 is 0 Å². The Labute approximate surface area is 183 Å². The number of rotatable bonds is 5. The van der Waals surface area contributed by atoms with Gasteiger partial charge in [0.2, 0.25) is 5.88 Å². The van der Waals surface area contributed by atoms with Crippen molar-refractivity contribution in [2.45, 2.75) is 6.42 Å². The average molecular weight is 434 g/mol. The predicted octanol–water partition coefficient (Wildman–Crippen LogP) is 6.50. The standard InChI is InChI=1S/C24H17Cl2N3O/c25-17-7-5-16(6-8-17)13-14-30-24-21-15-27-22-4-2-1-3-20(22)23(21)28-29(24)19-11-9-18(26)10-12-19/h1-12,15H,13-14H2. The van der Waals surface area contributed by atoms with E-state index in [1.54, 1.807) is 0 Å². The van der Waals surface area contributed by atoms with Gasteiger partial charge in [-0.2, -0.15) is 9.78 Å². The molecule has 4 nitrogen and oxygen atoms in total. The molecule has 2 heterocycles. The molecular formula is C24H17Cl2N3O. The van der Waals surface area contributed by atoms with Crippen LogP contribution in [0.1, 0.15) is 5.56 Å². The minimum absolute atomic E-state index is 0.503. The molecule has 0 atom stereocenters. The van der Waals surface area contributed by atoms with Crippen LogP contribution in [0.3, 0.4) is 0 Å². The molecule has 0 amide bonds. The van der Waals surface area contributed by atoms with Crippen LogP contribution < -0.4 is 4.74 Å². The van der Waals surface area contributed by atoms with Gasteiger partial charge >= 0.3 is 0 Å². The highest BCUT2D eigenvalue weighted by Crippen LogP contribution is 2.32. The summed E-state index contributed by atoms with van der Waals surface area (Å²) in [7, 11) is 0. The molecule has 0 aliphatic rings. The van der Waals surface area contributed by atoms with Gasteiger partial charge < -0.3 is 4.74 Å². The lowest BCUT2D eigenvalue weighted by Gasteiger charge is -2.10. The Morgan fingerprint density at radius 1 is 0.800 bits per heavy atom. The highest BCUT2D eigenvalue weighted by Gasteiger charge is 2.17. The van der Waals surface area contributed by atoms with Crippen molar-refractivity contribution < 1.29 is 4.74 Å². The van der Waals surface area contributed by atoms with Crippen LogP contribution in [0, 0.1) is 0 Å². The van der Waals surface area contributed by atoms with Crippen molar-refractivity contribution in [3.05, 3.63) is 94.6 Å². The van der Waals surface area contributed by atoms with Gasteiger partial charge in [-0.25, -0.2) is 0 Å². The van der Waals surface area contributed by atoms with Gasteiger partial charge in [-0.3, -0.25) is 4.98 Å². The Morgan fingerprint density at radius 2 is 1.50 bits per heavy atom. The Kier molecular flexibility index (Phi) is 5.03. The van der Waals surface area contributed by atoms with Gasteiger partial charge in [0.15, 0.2) is 0 Å². The van der Waals surface area contributed by atoms with Crippen molar-refractivity contribution in [1.29, 1.82) is 0 Å². The van der Waals surface area contributed by atoms with Gasteiger partial charge in [-0.1, -0.05) is 53.5 Å². The molecule has 0 bridgehead atoms. The number of benzene rings is 3. The van der Waals surface area contributed by atoms with Crippen LogP contribution in [0.5, 0.6) is 5.88 Å². The fourth-order valence-electron chi connectivity index (χ4n) is 3.46. The zero-order valence-corrected chi connectivity index (χ0v) is 17.4. The lowest BCUT2D eigenvalue weighted by atomic mass is 10.1. The Morgan fingerprint density at radius 3 is 2.27 bits per heavy atom. The summed E-state index contributed by atoms with van der Waals surface area (Å²) in [6.45, 7) is 0.503. The molecule has 3 aromatic carbocycles. The number of hydrogen-bond acceptors (Lipinski definition) is 3. The van der Waals surface area contributed by atoms with Crippen LogP contribution in [0.4, 0.5) is 0 Å². The number of ether oxygens (including phenoxy) is 1. The number of nitrogens with zero attached hydrogens (tertiary/aromatic N) is 3. The molecule has 6 heteroatoms. The summed E-state index contributed by atoms with van der Waals surface area (Å²) in [6.07, 6.45) is 2.58. The van der Waals surface area contributed by atoms with E-state index in [1.165, 1.54) is 0 Å². The van der Waals surface area contributed by atoms with Crippen LogP contribution in [-0.2, 0) is 6.42 Å². The Bertz CT molecular complexity index is 1330. The molecule has 5 aromatic rings. The van der Waals surface area contributed by atoms with Gasteiger partial charge in [-0.15, -0.1) is 0 Å². The third-order valence-electron chi connectivity index (χ3n) is 4.98. The summed E-state index contributed by atoms with van der Waals surface area (Å²) in [5.41, 5.74) is 3.79. The molecule has 30 heavy (non-hydrogen) atoms. The number of para-hydroxylation sites is 1. The van der Waals surface area contributed by atoms with E-state index in [9.17, 15) is 0 Å². The topological polar surface area (TPSA) is 39.9 Å². The van der Waals surface area contributed by atoms with E-state index in [-0.39, 0.29) is 0 Å². The molecule has 0 aliphatic heterocycles. The number of pyridine rings is 1. The first-order valence-electron chi connectivity index (χ1n) is 9.59. The molecule has 2 aromatic heterocycles. The van der Waals surface area contributed by atoms with Crippen LogP contribution in [0.15, 0.2) is 79.0 Å². The number of fused-ring (bicyclic) bond motifs is 3. The second-order valence-electron chi connectivity index (χ2n) is 6.96. The van der Waals surface area contributed by atoms with Gasteiger partial charge in [0, 0.05) is 28.0 Å². The van der Waals surface area contributed by atoms with E-state index in [1.807, 2.05) is 83.7 Å². The monoisotopic (exact) mass is 433 g/mol. The van der Waals surface area contributed by atoms with Gasteiger partial charge in [0.1, 0.15) is 5.52 Å². The third kappa shape index (κ3) is 3.60. The maximum absolute atomic E-state index is 6.25. The molecule has 0 saturated heterocycles. The zero-order valence-electron chi connectivity index (χ0n) is 15.9. The third-order valence-corrected chi connectivity index (χ3v) is 5.49. The molecule has 0 N–H and O–H groups in total. The summed E-state index contributed by atoms with van der Waals surface area (Å²) < 4.78 is 8.07. The zero-order chi connectivity index (χ0) is 20.5. The van der Waals surface area contributed by atoms with Crippen LogP contribution >= 0.6 is 23.2 Å². The van der Waals surface area contributed by atoms with Gasteiger partial charge in [0.05, 0.1) is 23.2 Å². The quantitative estimate of drug-likeness (QED) is 0.317. The molecular weight excluding hydrogens is 417 g/mol. The fraction of sp³-hybridized carbons (Fsp3) is 0.0833. The van der Waals surface area contributed by atoms with E-state index in [4.69, 9.17) is 33.0 Å². The van der Waals surface area contributed by atoms with Gasteiger partial charge in [0.25, 0.3) is 0 Å². The lowest BCUT2D eigenvalue weighted by Crippen LogP contribution is -2.06. The molecule has 0 spiro atoms. The van der Waals surface area contributed by atoms with Crippen molar-refractivity contribution in [3.63, 3.8) is 0 Å². The Balaban J connectivity index is 1.56. The van der Waals surface area contributed by atoms with Crippen LogP contribution in [0.25, 0.3) is 27.5 Å². The van der Waals surface area contributed by atoms with Gasteiger partial charge in [-0.05, 0) is 48.0 Å². The molecule has 5 rings (SSSR count). The first-order chi connectivity index (χ1) is 14.7. The molecule has 0 saturated carbocycles. The first-order valence-corrected chi connectivity index (χ1v) is 10.3. The van der Waals surface area contributed by atoms with E-state index >= 15 is 0 Å². The average Bonchev–Trinajstić information content (AvgIpc) is 3.15. The first kappa shape index (κ1) is 18.9. The van der Waals surface area contributed by atoms with Crippen molar-refractivity contribution in [2.24, 2.45) is 0 Å². The predicted molar refractivity (Wildman–Crippen MR) is 122 cm³/mol. The molecule has 0 unspecified atom stereocenters. The largest absolute Gasteiger partial charge is 0.477 e. The van der Waals surface area contributed by atoms with Crippen molar-refractivity contribution in [1.82, 2.24) is 14.8 Å². The summed E-state index contributed by atoms with van der Waals surface area (Å²) >= 11 is 12.1. The molecule has 148 valence electrons. The molecule has 0 radical (unpaired) electrons. The minimum Gasteiger partial charge on any atom is -0.477 e. The second kappa shape index (κ2) is 7.98. The number of aromatic nitrogens is 3. The van der Waals surface area contributed by atoms with E-state index in [2.05, 4.69) is 4.98 Å². The number of hydrogen-bond donors (Lipinski definition) is 0. The normalized spacial score (nSPS) is 11.3. The van der Waals surface area contributed by atoms with Crippen LogP contribution in [-0.4, -0.2) is 21.4 Å². The SMILES string of the molecule is Clc1ccc(CCOc2c3cnc4ccccc4c3nn2-c2ccc(Cl)cc2)cc1. The van der Waals surface area contributed by atoms with Crippen molar-refractivity contribution >= 4 is 45.0 Å². The second-order valence-corrected chi connectivity index (χ2v) is 7.83. The smallest absolute Gasteiger partial charge is 0.226 e. The lowest BCUT2D eigenvalue weighted by molar-refractivity contribution is 0.303. The van der Waals surface area contributed by atoms with Crippen molar-refractivity contribution in [2.75, 3.05) is 6.61 Å². The summed E-state index contributed by atoms with van der Waals surface area (Å²) in [4.78, 5) is 4.60. The Hall–Kier alpha value is -3.08. The molecule has 0 aliphatic carbocycles. The summed E-state index contributed by atoms with van der Waals surface area (Å²) in [5.74, 6) is 0.666. The van der Waals surface area contributed by atoms with Crippen molar-refractivity contribution in [3.8, 4) is 11.6 Å². The summed E-state index contributed by atoms with van der Waals surface area (Å²) in [5, 5.41) is 8.14. The van der Waals surface area contributed by atoms with Crippen LogP contribution in [0.2, 0.25) is 10.0 Å². The number of halogens is 2. The highest BCUT2D eigenvalue weighted by molar-refractivity contribution is 6.30. The van der Waals surface area contributed by atoms with E-state index in [0.717, 1.165) is 44.5 Å². The fourth-order valence-corrected chi connectivity index (χ4v) is 3.72. The highest BCUT2D eigenvalue weighted by atomic mass is 35.5. The maximum atomic E-state index is 6.25.